The molecule has 1 aliphatic rings. The Balaban J connectivity index is 2.03. The molecule has 1 heterocycles. The molecular weight excluding hydrogens is 258 g/mol. The highest BCUT2D eigenvalue weighted by atomic mass is 16.5. The van der Waals surface area contributed by atoms with Gasteiger partial charge in [-0.05, 0) is 24.8 Å². The van der Waals surface area contributed by atoms with Gasteiger partial charge in [-0.15, -0.1) is 0 Å². The topological polar surface area (TPSA) is 71.7 Å². The molecule has 0 amide bonds. The maximum absolute atomic E-state index is 11.6. The van der Waals surface area contributed by atoms with Crippen LogP contribution in [0.2, 0.25) is 0 Å². The van der Waals surface area contributed by atoms with Crippen molar-refractivity contribution in [2.24, 2.45) is 5.92 Å². The summed E-state index contributed by atoms with van der Waals surface area (Å²) in [6.45, 7) is 2.82. The van der Waals surface area contributed by atoms with E-state index in [1.165, 1.54) is 19.8 Å². The van der Waals surface area contributed by atoms with Gasteiger partial charge in [-0.3, -0.25) is 0 Å². The highest BCUT2D eigenvalue weighted by Crippen LogP contribution is 2.32. The summed E-state index contributed by atoms with van der Waals surface area (Å²) in [7, 11) is 1.33. The number of furan rings is 1. The second-order valence-electron chi connectivity index (χ2n) is 5.76. The molecule has 0 radical (unpaired) electrons. The molecule has 0 bridgehead atoms. The van der Waals surface area contributed by atoms with Crippen LogP contribution < -0.4 is 5.32 Å². The highest BCUT2D eigenvalue weighted by molar-refractivity contribution is 5.87. The minimum absolute atomic E-state index is 0.114. The first-order valence-electron chi connectivity index (χ1n) is 7.11. The van der Waals surface area contributed by atoms with Gasteiger partial charge < -0.3 is 19.6 Å². The first kappa shape index (κ1) is 15.1. The van der Waals surface area contributed by atoms with E-state index in [-0.39, 0.29) is 17.9 Å². The molecule has 2 atom stereocenters. The molecule has 0 saturated heterocycles. The number of nitrogens with one attached hydrogen (secondary N) is 1. The van der Waals surface area contributed by atoms with Gasteiger partial charge in [-0.2, -0.15) is 0 Å². The van der Waals surface area contributed by atoms with Gasteiger partial charge in [0.15, 0.2) is 0 Å². The van der Waals surface area contributed by atoms with E-state index >= 15 is 0 Å². The predicted octanol–water partition coefficient (Wildman–Crippen LogP) is 2.10. The highest BCUT2D eigenvalue weighted by Gasteiger charge is 2.34. The Labute approximate surface area is 119 Å². The van der Waals surface area contributed by atoms with Crippen molar-refractivity contribution < 1.29 is 19.1 Å². The summed E-state index contributed by atoms with van der Waals surface area (Å²) in [5.41, 5.74) is 0.519. The Morgan fingerprint density at radius 1 is 1.65 bits per heavy atom. The molecule has 2 N–H and O–H groups in total. The lowest BCUT2D eigenvalue weighted by atomic mass is 9.77. The van der Waals surface area contributed by atoms with Gasteiger partial charge in [-0.25, -0.2) is 4.79 Å². The molecule has 0 aliphatic heterocycles. The molecule has 2 unspecified atom stereocenters. The lowest BCUT2D eigenvalue weighted by Gasteiger charge is -2.39. The fourth-order valence-electron chi connectivity index (χ4n) is 3.05. The quantitative estimate of drug-likeness (QED) is 0.809. The van der Waals surface area contributed by atoms with Gasteiger partial charge in [0, 0.05) is 17.6 Å². The fraction of sp³-hybridized carbons (Fsp3) is 0.667. The molecule has 20 heavy (non-hydrogen) atoms. The summed E-state index contributed by atoms with van der Waals surface area (Å²) in [5, 5.41) is 13.2. The van der Waals surface area contributed by atoms with Crippen LogP contribution in [-0.2, 0) is 11.3 Å². The zero-order chi connectivity index (χ0) is 14.6. The molecule has 1 aliphatic carbocycles. The summed E-state index contributed by atoms with van der Waals surface area (Å²) in [4.78, 5) is 11.6. The average Bonchev–Trinajstić information content (AvgIpc) is 2.93. The molecule has 1 aromatic heterocycles. The van der Waals surface area contributed by atoms with Crippen LogP contribution in [0.3, 0.4) is 0 Å². The van der Waals surface area contributed by atoms with Crippen LogP contribution in [0.25, 0.3) is 0 Å². The summed E-state index contributed by atoms with van der Waals surface area (Å²) in [6.07, 6.45) is 5.72. The smallest absolute Gasteiger partial charge is 0.374 e. The van der Waals surface area contributed by atoms with Gasteiger partial charge >= 0.3 is 5.97 Å². The second kappa shape index (κ2) is 6.41. The minimum Gasteiger partial charge on any atom is -0.463 e. The monoisotopic (exact) mass is 281 g/mol. The first-order valence-corrected chi connectivity index (χ1v) is 7.11. The number of hydrogen-bond donors (Lipinski definition) is 2. The van der Waals surface area contributed by atoms with E-state index < -0.39 is 5.97 Å². The van der Waals surface area contributed by atoms with Crippen molar-refractivity contribution in [1.29, 1.82) is 0 Å². The third-order valence-electron chi connectivity index (χ3n) is 4.17. The lowest BCUT2D eigenvalue weighted by Crippen LogP contribution is -2.51. The van der Waals surface area contributed by atoms with Crippen LogP contribution >= 0.6 is 0 Å². The fourth-order valence-corrected chi connectivity index (χ4v) is 3.05. The largest absolute Gasteiger partial charge is 0.463 e. The summed E-state index contributed by atoms with van der Waals surface area (Å²) in [5.74, 6) is 0.367. The van der Waals surface area contributed by atoms with Gasteiger partial charge in [0.25, 0.3) is 0 Å². The minimum atomic E-state index is -0.470. The molecule has 0 spiro atoms. The number of ether oxygens (including phenoxy) is 1. The van der Waals surface area contributed by atoms with Gasteiger partial charge in [-0.1, -0.05) is 19.8 Å². The molecular formula is C15H23NO4. The Morgan fingerprint density at radius 3 is 3.10 bits per heavy atom. The molecule has 0 aromatic carbocycles. The SMILES string of the molecule is COC(=O)c1occc1CNC1(CO)CCCC(C)C1. The lowest BCUT2D eigenvalue weighted by molar-refractivity contribution is 0.0561. The molecule has 2 rings (SSSR count). The number of aliphatic hydroxyl groups excluding tert-OH is 1. The van der Waals surface area contributed by atoms with Crippen molar-refractivity contribution in [2.75, 3.05) is 13.7 Å². The third kappa shape index (κ3) is 3.22. The number of aliphatic hydroxyl groups is 1. The van der Waals surface area contributed by atoms with Crippen molar-refractivity contribution in [3.63, 3.8) is 0 Å². The summed E-state index contributed by atoms with van der Waals surface area (Å²) < 4.78 is 9.85. The van der Waals surface area contributed by atoms with Gasteiger partial charge in [0.1, 0.15) is 0 Å². The number of methoxy groups -OCH3 is 1. The van der Waals surface area contributed by atoms with E-state index in [4.69, 9.17) is 4.42 Å². The molecule has 1 fully saturated rings. The molecule has 1 aromatic rings. The third-order valence-corrected chi connectivity index (χ3v) is 4.17. The van der Waals surface area contributed by atoms with Gasteiger partial charge in [0.05, 0.1) is 20.0 Å². The van der Waals surface area contributed by atoms with E-state index in [0.29, 0.717) is 12.5 Å². The molecule has 5 heteroatoms. The van der Waals surface area contributed by atoms with E-state index in [1.807, 2.05) is 0 Å². The van der Waals surface area contributed by atoms with Crippen LogP contribution in [0.1, 0.15) is 48.7 Å². The van der Waals surface area contributed by atoms with E-state index in [9.17, 15) is 9.90 Å². The Kier molecular flexibility index (Phi) is 4.83. The van der Waals surface area contributed by atoms with Crippen molar-refractivity contribution in [3.05, 3.63) is 23.7 Å². The van der Waals surface area contributed by atoms with Crippen LogP contribution in [-0.4, -0.2) is 30.3 Å². The number of rotatable bonds is 5. The average molecular weight is 281 g/mol. The Hall–Kier alpha value is -1.33. The Morgan fingerprint density at radius 2 is 2.45 bits per heavy atom. The van der Waals surface area contributed by atoms with E-state index in [0.717, 1.165) is 24.8 Å². The molecule has 5 nitrogen and oxygen atoms in total. The zero-order valence-corrected chi connectivity index (χ0v) is 12.1. The number of carbonyl (C=O) groups is 1. The zero-order valence-electron chi connectivity index (χ0n) is 12.1. The predicted molar refractivity (Wildman–Crippen MR) is 74.3 cm³/mol. The molecule has 112 valence electrons. The number of carbonyl (C=O) groups excluding carboxylic acids is 1. The van der Waals surface area contributed by atoms with Crippen molar-refractivity contribution in [1.82, 2.24) is 5.32 Å². The Bertz CT molecular complexity index is 456. The van der Waals surface area contributed by atoms with Crippen LogP contribution in [0, 0.1) is 5.92 Å². The normalized spacial score (nSPS) is 26.4. The van der Waals surface area contributed by atoms with E-state index in [1.54, 1.807) is 6.07 Å². The summed E-state index contributed by atoms with van der Waals surface area (Å²) in [6, 6.07) is 1.76. The maximum atomic E-state index is 11.6. The van der Waals surface area contributed by atoms with Crippen LogP contribution in [0.5, 0.6) is 0 Å². The molecule has 1 saturated carbocycles. The second-order valence-corrected chi connectivity index (χ2v) is 5.76. The van der Waals surface area contributed by atoms with Crippen LogP contribution in [0.15, 0.2) is 16.7 Å². The maximum Gasteiger partial charge on any atom is 0.374 e. The number of hydrogen-bond acceptors (Lipinski definition) is 5. The van der Waals surface area contributed by atoms with Gasteiger partial charge in [0.2, 0.25) is 5.76 Å². The van der Waals surface area contributed by atoms with Crippen molar-refractivity contribution in [2.45, 2.75) is 44.7 Å². The van der Waals surface area contributed by atoms with Crippen molar-refractivity contribution >= 4 is 5.97 Å². The standard InChI is InChI=1S/C15H23NO4/c1-11-4-3-6-15(8-11,10-17)16-9-12-5-7-20-13(12)14(18)19-2/h5,7,11,16-17H,3-4,6,8-10H2,1-2H3. The first-order chi connectivity index (χ1) is 9.60. The van der Waals surface area contributed by atoms with E-state index in [2.05, 4.69) is 17.0 Å². The van der Waals surface area contributed by atoms with Crippen LogP contribution in [0.4, 0.5) is 0 Å². The van der Waals surface area contributed by atoms with Crippen molar-refractivity contribution in [3.8, 4) is 0 Å². The summed E-state index contributed by atoms with van der Waals surface area (Å²) >= 11 is 0. The number of esters is 1.